The van der Waals surface area contributed by atoms with Gasteiger partial charge in [0.25, 0.3) is 5.91 Å². The zero-order valence-corrected chi connectivity index (χ0v) is 14.4. The number of carbonyl (C=O) groups is 1. The minimum Gasteiger partial charge on any atom is -0.335 e. The third kappa shape index (κ3) is 3.72. The van der Waals surface area contributed by atoms with Crippen LogP contribution in [0.15, 0.2) is 18.3 Å². The average Bonchev–Trinajstić information content (AvgIpc) is 3.01. The van der Waals surface area contributed by atoms with Crippen LogP contribution in [0.5, 0.6) is 0 Å². The monoisotopic (exact) mass is 316 g/mol. The van der Waals surface area contributed by atoms with Crippen LogP contribution in [0.25, 0.3) is 0 Å². The van der Waals surface area contributed by atoms with Crippen molar-refractivity contribution in [1.29, 1.82) is 0 Å². The van der Waals surface area contributed by atoms with Crippen LogP contribution in [-0.4, -0.2) is 71.9 Å². The van der Waals surface area contributed by atoms with Gasteiger partial charge in [-0.05, 0) is 57.1 Å². The minimum atomic E-state index is 0.0867. The molecule has 0 bridgehead atoms. The molecule has 126 valence electrons. The first-order chi connectivity index (χ1) is 11.2. The number of nitrogens with zero attached hydrogens (tertiary/aromatic N) is 4. The first-order valence-corrected chi connectivity index (χ1v) is 8.87. The summed E-state index contributed by atoms with van der Waals surface area (Å²) in [5.74, 6) is 0.0867. The van der Waals surface area contributed by atoms with Crippen molar-refractivity contribution >= 4 is 5.91 Å². The highest BCUT2D eigenvalue weighted by Gasteiger charge is 2.26. The summed E-state index contributed by atoms with van der Waals surface area (Å²) < 4.78 is 0. The Morgan fingerprint density at radius 3 is 2.70 bits per heavy atom. The van der Waals surface area contributed by atoms with Crippen molar-refractivity contribution in [2.24, 2.45) is 0 Å². The van der Waals surface area contributed by atoms with Crippen LogP contribution in [0.3, 0.4) is 0 Å². The van der Waals surface area contributed by atoms with Gasteiger partial charge in [0.1, 0.15) is 5.69 Å². The van der Waals surface area contributed by atoms with Crippen molar-refractivity contribution in [2.75, 3.05) is 46.3 Å². The quantitative estimate of drug-likeness (QED) is 0.852. The van der Waals surface area contributed by atoms with Crippen LogP contribution < -0.4 is 0 Å². The van der Waals surface area contributed by atoms with E-state index in [2.05, 4.69) is 34.8 Å². The van der Waals surface area contributed by atoms with E-state index in [1.807, 2.05) is 11.0 Å². The lowest BCUT2D eigenvalue weighted by Gasteiger charge is -2.34. The van der Waals surface area contributed by atoms with E-state index in [0.29, 0.717) is 11.7 Å². The molecule has 1 unspecified atom stereocenters. The molecule has 1 amide bonds. The van der Waals surface area contributed by atoms with Gasteiger partial charge in [0.15, 0.2) is 0 Å². The van der Waals surface area contributed by atoms with Crippen molar-refractivity contribution in [2.45, 2.75) is 32.2 Å². The third-order valence-corrected chi connectivity index (χ3v) is 5.11. The topological polar surface area (TPSA) is 39.7 Å². The summed E-state index contributed by atoms with van der Waals surface area (Å²) >= 11 is 0. The highest BCUT2D eigenvalue weighted by atomic mass is 16.2. The predicted molar refractivity (Wildman–Crippen MR) is 91.5 cm³/mol. The summed E-state index contributed by atoms with van der Waals surface area (Å²) in [5.41, 5.74) is 1.83. The Balaban J connectivity index is 1.66. The molecule has 1 atom stereocenters. The fourth-order valence-corrected chi connectivity index (χ4v) is 3.76. The van der Waals surface area contributed by atoms with Gasteiger partial charge >= 0.3 is 0 Å². The normalized spacial score (nSPS) is 23.4. The fourth-order valence-electron chi connectivity index (χ4n) is 3.76. The second-order valence-corrected chi connectivity index (χ2v) is 6.75. The number of piperazine rings is 1. The van der Waals surface area contributed by atoms with E-state index in [1.54, 1.807) is 6.20 Å². The fraction of sp³-hybridized carbons (Fsp3) is 0.667. The lowest BCUT2D eigenvalue weighted by atomic mass is 10.0. The van der Waals surface area contributed by atoms with Gasteiger partial charge in [-0.25, -0.2) is 0 Å². The number of aromatic nitrogens is 1. The number of carbonyl (C=O) groups excluding carboxylic acids is 1. The zero-order valence-electron chi connectivity index (χ0n) is 14.4. The number of amides is 1. The second-order valence-electron chi connectivity index (χ2n) is 6.75. The summed E-state index contributed by atoms with van der Waals surface area (Å²) in [6, 6.07) is 4.50. The molecular weight excluding hydrogens is 288 g/mol. The molecule has 0 N–H and O–H groups in total. The SMILES string of the molecule is CCCN1CCN(C(=O)c2cc(C3CCCN3C)ccn2)CC1. The smallest absolute Gasteiger partial charge is 0.272 e. The third-order valence-electron chi connectivity index (χ3n) is 5.11. The van der Waals surface area contributed by atoms with Crippen LogP contribution >= 0.6 is 0 Å². The van der Waals surface area contributed by atoms with Gasteiger partial charge < -0.3 is 4.90 Å². The Morgan fingerprint density at radius 2 is 2.04 bits per heavy atom. The molecule has 1 aromatic heterocycles. The largest absolute Gasteiger partial charge is 0.335 e. The maximum atomic E-state index is 12.7. The lowest BCUT2D eigenvalue weighted by molar-refractivity contribution is 0.0631. The summed E-state index contributed by atoms with van der Waals surface area (Å²) in [5, 5.41) is 0. The van der Waals surface area contributed by atoms with E-state index in [0.717, 1.165) is 39.3 Å². The molecule has 5 nitrogen and oxygen atoms in total. The summed E-state index contributed by atoms with van der Waals surface area (Å²) in [6.07, 6.45) is 5.37. The standard InChI is InChI=1S/C18H28N4O/c1-3-8-21-10-12-22(13-11-21)18(23)16-14-15(6-7-19-16)17-5-4-9-20(17)2/h6-7,14,17H,3-5,8-13H2,1-2H3. The summed E-state index contributed by atoms with van der Waals surface area (Å²) in [7, 11) is 2.16. The van der Waals surface area contributed by atoms with E-state index in [9.17, 15) is 4.79 Å². The van der Waals surface area contributed by atoms with Gasteiger partial charge in [0, 0.05) is 38.4 Å². The molecule has 3 heterocycles. The number of pyridine rings is 1. The van der Waals surface area contributed by atoms with Crippen molar-refractivity contribution in [3.8, 4) is 0 Å². The van der Waals surface area contributed by atoms with Crippen molar-refractivity contribution in [3.05, 3.63) is 29.6 Å². The van der Waals surface area contributed by atoms with Crippen LogP contribution in [0.1, 0.15) is 48.3 Å². The molecule has 23 heavy (non-hydrogen) atoms. The van der Waals surface area contributed by atoms with Crippen LogP contribution in [-0.2, 0) is 0 Å². The van der Waals surface area contributed by atoms with Crippen molar-refractivity contribution in [1.82, 2.24) is 19.7 Å². The van der Waals surface area contributed by atoms with Gasteiger partial charge in [-0.15, -0.1) is 0 Å². The maximum absolute atomic E-state index is 12.7. The highest BCUT2D eigenvalue weighted by molar-refractivity contribution is 5.92. The number of likely N-dealkylation sites (tertiary alicyclic amines) is 1. The molecule has 2 saturated heterocycles. The number of rotatable bonds is 4. The molecular formula is C18H28N4O. The first kappa shape index (κ1) is 16.4. The molecule has 0 aromatic carbocycles. The van der Waals surface area contributed by atoms with E-state index in [1.165, 1.54) is 24.8 Å². The zero-order chi connectivity index (χ0) is 16.2. The molecule has 2 aliphatic rings. The molecule has 1 aromatic rings. The number of hydrogen-bond acceptors (Lipinski definition) is 4. The first-order valence-electron chi connectivity index (χ1n) is 8.87. The van der Waals surface area contributed by atoms with Gasteiger partial charge in [-0.1, -0.05) is 6.92 Å². The minimum absolute atomic E-state index is 0.0867. The Bertz CT molecular complexity index is 540. The van der Waals surface area contributed by atoms with Crippen LogP contribution in [0.4, 0.5) is 0 Å². The van der Waals surface area contributed by atoms with Crippen molar-refractivity contribution in [3.63, 3.8) is 0 Å². The molecule has 3 rings (SSSR count). The molecule has 5 heteroatoms. The molecule has 0 spiro atoms. The van der Waals surface area contributed by atoms with E-state index in [-0.39, 0.29) is 5.91 Å². The molecule has 0 saturated carbocycles. The van der Waals surface area contributed by atoms with Gasteiger partial charge in [0.05, 0.1) is 0 Å². The molecule has 2 aliphatic heterocycles. The average molecular weight is 316 g/mol. The van der Waals surface area contributed by atoms with Gasteiger partial charge in [0.2, 0.25) is 0 Å². The summed E-state index contributed by atoms with van der Waals surface area (Å²) in [4.78, 5) is 23.8. The Hall–Kier alpha value is -1.46. The molecule has 0 radical (unpaired) electrons. The van der Waals surface area contributed by atoms with Gasteiger partial charge in [-0.2, -0.15) is 0 Å². The Kier molecular flexibility index (Phi) is 5.28. The molecule has 0 aliphatic carbocycles. The second kappa shape index (κ2) is 7.41. The predicted octanol–water partition coefficient (Wildman–Crippen LogP) is 2.02. The van der Waals surface area contributed by atoms with E-state index >= 15 is 0 Å². The Morgan fingerprint density at radius 1 is 1.26 bits per heavy atom. The van der Waals surface area contributed by atoms with Gasteiger partial charge in [-0.3, -0.25) is 19.6 Å². The number of hydrogen-bond donors (Lipinski definition) is 0. The van der Waals surface area contributed by atoms with Crippen molar-refractivity contribution < 1.29 is 4.79 Å². The molecule has 2 fully saturated rings. The van der Waals surface area contributed by atoms with E-state index in [4.69, 9.17) is 0 Å². The highest BCUT2D eigenvalue weighted by Crippen LogP contribution is 2.30. The Labute approximate surface area is 139 Å². The van der Waals surface area contributed by atoms with Crippen LogP contribution in [0, 0.1) is 0 Å². The lowest BCUT2D eigenvalue weighted by Crippen LogP contribution is -2.48. The summed E-state index contributed by atoms with van der Waals surface area (Å²) in [6.45, 7) is 8.05. The maximum Gasteiger partial charge on any atom is 0.272 e. The van der Waals surface area contributed by atoms with E-state index < -0.39 is 0 Å². The van der Waals surface area contributed by atoms with Crippen LogP contribution in [0.2, 0.25) is 0 Å².